The van der Waals surface area contributed by atoms with Crippen molar-refractivity contribution < 1.29 is 24.6 Å². The molecule has 0 aliphatic carbocycles. The predicted molar refractivity (Wildman–Crippen MR) is 62.8 cm³/mol. The van der Waals surface area contributed by atoms with Gasteiger partial charge in [0.05, 0.1) is 6.42 Å². The van der Waals surface area contributed by atoms with Crippen molar-refractivity contribution in [2.75, 3.05) is 0 Å². The molecule has 1 atom stereocenters. The number of nitrogens with one attached hydrogen (secondary N) is 1. The van der Waals surface area contributed by atoms with Crippen LogP contribution in [0.5, 0.6) is 0 Å². The van der Waals surface area contributed by atoms with Gasteiger partial charge in [-0.1, -0.05) is 0 Å². The predicted octanol–water partition coefficient (Wildman–Crippen LogP) is -0.765. The molecule has 0 saturated heterocycles. The molecule has 2 radical (unpaired) electrons. The van der Waals surface area contributed by atoms with Gasteiger partial charge in [-0.15, -0.1) is 0 Å². The normalized spacial score (nSPS) is 11.5. The Morgan fingerprint density at radius 3 is 1.94 bits per heavy atom. The molecule has 0 unspecified atom stereocenters. The van der Waals surface area contributed by atoms with Gasteiger partial charge in [-0.2, -0.15) is 0 Å². The number of hydrogen-bond donors (Lipinski definition) is 3. The summed E-state index contributed by atoms with van der Waals surface area (Å²) in [5.41, 5.74) is 0.330. The Bertz CT molecular complexity index is 317. The van der Waals surface area contributed by atoms with Crippen LogP contribution >= 0.6 is 0 Å². The van der Waals surface area contributed by atoms with E-state index in [2.05, 4.69) is 5.32 Å². The number of rotatable bonds is 6. The molecular weight excluding hydrogens is 248 g/mol. The molecule has 0 heterocycles. The van der Waals surface area contributed by atoms with Gasteiger partial charge < -0.3 is 15.5 Å². The van der Waals surface area contributed by atoms with Gasteiger partial charge in [0.1, 0.15) is 6.04 Å². The molecule has 0 aromatic heterocycles. The van der Waals surface area contributed by atoms with Gasteiger partial charge >= 0.3 is 11.9 Å². The summed E-state index contributed by atoms with van der Waals surface area (Å²) in [5.74, 6) is -2.72. The van der Waals surface area contributed by atoms with Crippen LogP contribution in [0.1, 0.15) is 20.3 Å². The third-order valence-corrected chi connectivity index (χ3v) is 1.50. The first-order valence-corrected chi connectivity index (χ1v) is 4.23. The van der Waals surface area contributed by atoms with E-state index in [9.17, 15) is 14.4 Å². The second-order valence-corrected chi connectivity index (χ2v) is 3.07. The van der Waals surface area contributed by atoms with E-state index in [4.69, 9.17) is 10.2 Å². The van der Waals surface area contributed by atoms with Crippen LogP contribution in [-0.2, 0) is 14.4 Å². The third kappa shape index (κ3) is 12.4. The minimum absolute atomic E-state index is 0. The second-order valence-electron chi connectivity index (χ2n) is 3.07. The zero-order valence-corrected chi connectivity index (χ0v) is 14.5. The molecule has 3 N–H and O–H groups in total. The van der Waals surface area contributed by atoms with E-state index < -0.39 is 24.4 Å². The zero-order valence-electron chi connectivity index (χ0n) is 10.5. The van der Waals surface area contributed by atoms with Gasteiger partial charge in [0.15, 0.2) is 5.78 Å². The maximum atomic E-state index is 10.6. The molecule has 0 rings (SSSR count). The first-order valence-electron chi connectivity index (χ1n) is 4.23. The second kappa shape index (κ2) is 11.3. The van der Waals surface area contributed by atoms with E-state index in [1.54, 1.807) is 0 Å². The Labute approximate surface area is 143 Å². The Kier molecular flexibility index (Phi) is 14.8. The fraction of sp³-hybridized carbons (Fsp3) is 0.444. The Hall–Kier alpha value is 0.150. The number of ketones is 1. The van der Waals surface area contributed by atoms with E-state index in [1.165, 1.54) is 19.9 Å². The number of allylic oxidation sites excluding steroid dienone is 2. The third-order valence-electron chi connectivity index (χ3n) is 1.50. The van der Waals surface area contributed by atoms with Gasteiger partial charge in [0.25, 0.3) is 0 Å². The number of hydrogen-bond acceptors (Lipinski definition) is 4. The maximum Gasteiger partial charge on any atom is 0.326 e. The molecule has 86 valence electrons. The summed E-state index contributed by atoms with van der Waals surface area (Å²) in [5, 5.41) is 19.5. The topological polar surface area (TPSA) is 104 Å². The molecule has 0 saturated carbocycles. The number of carboxylic acid groups (broad SMARTS) is 2. The largest absolute Gasteiger partial charge is 0.481 e. The number of aliphatic carboxylic acids is 2. The van der Waals surface area contributed by atoms with Crippen LogP contribution in [0.15, 0.2) is 11.8 Å². The standard InChI is InChI=1S/C9H13NO5.2Na/c1-5(3-6(2)11)10-7(9(14)15)4-8(12)13;;/h3,7,10H,4H2,1-2H3,(H,12,13)(H,14,15);;/t7-;;/m0../s1. The van der Waals surface area contributed by atoms with Gasteiger partial charge in [0, 0.05) is 64.8 Å². The summed E-state index contributed by atoms with van der Waals surface area (Å²) in [4.78, 5) is 31.6. The smallest absolute Gasteiger partial charge is 0.326 e. The quantitative estimate of drug-likeness (QED) is 0.428. The van der Waals surface area contributed by atoms with Gasteiger partial charge in [-0.3, -0.25) is 9.59 Å². The van der Waals surface area contributed by atoms with Crippen LogP contribution in [0.2, 0.25) is 0 Å². The first kappa shape index (κ1) is 22.3. The van der Waals surface area contributed by atoms with E-state index in [-0.39, 0.29) is 64.9 Å². The number of carbonyl (C=O) groups excluding carboxylic acids is 1. The Balaban J connectivity index is -0.000000980. The zero-order chi connectivity index (χ0) is 12.0. The molecule has 0 aromatic carbocycles. The van der Waals surface area contributed by atoms with Crippen LogP contribution in [-0.4, -0.2) is 93.1 Å². The molecule has 6 nitrogen and oxygen atoms in total. The molecule has 0 spiro atoms. The monoisotopic (exact) mass is 261 g/mol. The van der Waals surface area contributed by atoms with Crippen LogP contribution in [0, 0.1) is 0 Å². The molecular formula is C9H13NNa2O5. The average Bonchev–Trinajstić information content (AvgIpc) is 1.99. The summed E-state index contributed by atoms with van der Waals surface area (Å²) >= 11 is 0. The number of carboxylic acids is 2. The van der Waals surface area contributed by atoms with E-state index in [0.717, 1.165) is 0 Å². The maximum absolute atomic E-state index is 10.6. The van der Waals surface area contributed by atoms with Crippen molar-refractivity contribution in [1.29, 1.82) is 0 Å². The van der Waals surface area contributed by atoms with Gasteiger partial charge in [0.2, 0.25) is 0 Å². The van der Waals surface area contributed by atoms with Crippen LogP contribution < -0.4 is 5.32 Å². The fourth-order valence-electron chi connectivity index (χ4n) is 0.996. The summed E-state index contributed by atoms with van der Waals surface area (Å²) in [6, 6.07) is -1.22. The number of carbonyl (C=O) groups is 3. The van der Waals surface area contributed by atoms with Crippen molar-refractivity contribution in [3.05, 3.63) is 11.8 Å². The molecule has 8 heteroatoms. The van der Waals surface area contributed by atoms with E-state index in [0.29, 0.717) is 5.70 Å². The van der Waals surface area contributed by atoms with Crippen molar-refractivity contribution in [2.24, 2.45) is 0 Å². The van der Waals surface area contributed by atoms with Crippen molar-refractivity contribution in [3.63, 3.8) is 0 Å². The molecule has 0 amide bonds. The summed E-state index contributed by atoms with van der Waals surface area (Å²) in [6.45, 7) is 2.82. The summed E-state index contributed by atoms with van der Waals surface area (Å²) in [6.07, 6.45) is 0.663. The molecule has 0 bridgehead atoms. The Morgan fingerprint density at radius 2 is 1.65 bits per heavy atom. The molecule has 17 heavy (non-hydrogen) atoms. The van der Waals surface area contributed by atoms with Gasteiger partial charge in [-0.25, -0.2) is 4.79 Å². The molecule has 0 fully saturated rings. The molecule has 0 aromatic rings. The van der Waals surface area contributed by atoms with Crippen molar-refractivity contribution in [3.8, 4) is 0 Å². The molecule has 0 aliphatic rings. The summed E-state index contributed by atoms with van der Waals surface area (Å²) < 4.78 is 0. The minimum atomic E-state index is -1.27. The van der Waals surface area contributed by atoms with Crippen molar-refractivity contribution >= 4 is 76.8 Å². The average molecular weight is 261 g/mol. The van der Waals surface area contributed by atoms with Crippen LogP contribution in [0.25, 0.3) is 0 Å². The Morgan fingerprint density at radius 1 is 1.18 bits per heavy atom. The summed E-state index contributed by atoms with van der Waals surface area (Å²) in [7, 11) is 0. The van der Waals surface area contributed by atoms with Crippen molar-refractivity contribution in [2.45, 2.75) is 26.3 Å². The van der Waals surface area contributed by atoms with E-state index in [1.807, 2.05) is 0 Å². The first-order chi connectivity index (χ1) is 6.82. The molecule has 0 aliphatic heterocycles. The van der Waals surface area contributed by atoms with E-state index >= 15 is 0 Å². The SMILES string of the molecule is CC(=O)C=C(C)N[C@@H](CC(=O)O)C(=O)O.[Na].[Na]. The fourth-order valence-corrected chi connectivity index (χ4v) is 0.996. The van der Waals surface area contributed by atoms with Crippen LogP contribution in [0.4, 0.5) is 0 Å². The van der Waals surface area contributed by atoms with Crippen molar-refractivity contribution in [1.82, 2.24) is 5.32 Å². The van der Waals surface area contributed by atoms with Crippen LogP contribution in [0.3, 0.4) is 0 Å². The minimum Gasteiger partial charge on any atom is -0.481 e. The van der Waals surface area contributed by atoms with Gasteiger partial charge in [-0.05, 0) is 19.9 Å².